The maximum absolute atomic E-state index is 13.6. The molecule has 2 aromatic heterocycles. The van der Waals surface area contributed by atoms with E-state index in [-0.39, 0.29) is 5.52 Å². The lowest BCUT2D eigenvalue weighted by atomic mass is 10.0. The summed E-state index contributed by atoms with van der Waals surface area (Å²) in [7, 11) is 0. The molecular formula is C21H18ClF3N2S. The van der Waals surface area contributed by atoms with Crippen LogP contribution >= 0.6 is 22.9 Å². The van der Waals surface area contributed by atoms with Gasteiger partial charge in [0.25, 0.3) is 0 Å². The highest BCUT2D eigenvalue weighted by atomic mass is 35.5. The van der Waals surface area contributed by atoms with Crippen LogP contribution in [0.2, 0.25) is 5.02 Å². The lowest BCUT2D eigenvalue weighted by molar-refractivity contribution is -0.136. The molecule has 0 unspecified atom stereocenters. The van der Waals surface area contributed by atoms with Crippen molar-refractivity contribution in [3.63, 3.8) is 0 Å². The summed E-state index contributed by atoms with van der Waals surface area (Å²) < 4.78 is 41.9. The number of fused-ring (bicyclic) bond motifs is 2. The van der Waals surface area contributed by atoms with E-state index in [1.165, 1.54) is 6.07 Å². The topological polar surface area (TPSA) is 41.8 Å². The van der Waals surface area contributed by atoms with E-state index in [1.54, 1.807) is 11.3 Å². The molecule has 0 amide bonds. The molecule has 0 fully saturated rings. The Kier molecular flexibility index (Phi) is 5.12. The molecule has 7 heteroatoms. The molecule has 4 aromatic rings. The number of halogens is 4. The van der Waals surface area contributed by atoms with Gasteiger partial charge in [0.2, 0.25) is 0 Å². The number of hydrogen-bond acceptors (Lipinski definition) is 2. The molecule has 0 atom stereocenters. The fraction of sp³-hybridized carbons (Fsp3) is 0.238. The number of nitrogens with one attached hydrogen (secondary N) is 1. The molecule has 146 valence electrons. The van der Waals surface area contributed by atoms with Crippen molar-refractivity contribution in [2.45, 2.75) is 25.4 Å². The Morgan fingerprint density at radius 1 is 1.07 bits per heavy atom. The van der Waals surface area contributed by atoms with Gasteiger partial charge >= 0.3 is 6.18 Å². The molecule has 0 saturated carbocycles. The molecule has 3 N–H and O–H groups in total. The minimum Gasteiger partial charge on any atom is -0.353 e. The van der Waals surface area contributed by atoms with Gasteiger partial charge in [0, 0.05) is 10.1 Å². The highest BCUT2D eigenvalue weighted by molar-refractivity contribution is 7.22. The quantitative estimate of drug-likeness (QED) is 0.334. The van der Waals surface area contributed by atoms with Crippen molar-refractivity contribution in [1.29, 1.82) is 0 Å². The van der Waals surface area contributed by atoms with Gasteiger partial charge in [0.05, 0.1) is 26.7 Å². The molecule has 2 aromatic carbocycles. The number of benzene rings is 2. The molecule has 0 bridgehead atoms. The van der Waals surface area contributed by atoms with Crippen LogP contribution in [0.4, 0.5) is 13.2 Å². The van der Waals surface area contributed by atoms with E-state index < -0.39 is 11.7 Å². The van der Waals surface area contributed by atoms with Crippen LogP contribution < -0.4 is 5.73 Å². The molecule has 0 radical (unpaired) electrons. The summed E-state index contributed by atoms with van der Waals surface area (Å²) in [5, 5.41) is 1.85. The SMILES string of the molecule is NCCCCc1c(-c2cc3ccccc3s2)[nH]c2c(C(F)(F)F)ccc(Cl)c12. The smallest absolute Gasteiger partial charge is 0.353 e. The van der Waals surface area contributed by atoms with Crippen LogP contribution in [0.15, 0.2) is 42.5 Å². The van der Waals surface area contributed by atoms with Crippen molar-refractivity contribution < 1.29 is 13.2 Å². The van der Waals surface area contributed by atoms with E-state index in [4.69, 9.17) is 17.3 Å². The lowest BCUT2D eigenvalue weighted by Gasteiger charge is -2.09. The predicted molar refractivity (Wildman–Crippen MR) is 111 cm³/mol. The monoisotopic (exact) mass is 422 g/mol. The zero-order valence-corrected chi connectivity index (χ0v) is 16.4. The molecule has 0 spiro atoms. The average Bonchev–Trinajstić information content (AvgIpc) is 3.23. The number of thiophene rings is 1. The number of nitrogens with two attached hydrogens (primary N) is 1. The van der Waals surface area contributed by atoms with Crippen LogP contribution in [0.1, 0.15) is 24.0 Å². The third-order valence-electron chi connectivity index (χ3n) is 4.87. The van der Waals surface area contributed by atoms with Gasteiger partial charge in [0.15, 0.2) is 0 Å². The molecule has 2 heterocycles. The summed E-state index contributed by atoms with van der Waals surface area (Å²) in [6.45, 7) is 0.544. The summed E-state index contributed by atoms with van der Waals surface area (Å²) in [6.07, 6.45) is -2.26. The van der Waals surface area contributed by atoms with Crippen molar-refractivity contribution in [2.24, 2.45) is 5.73 Å². The van der Waals surface area contributed by atoms with Crippen LogP contribution in [-0.4, -0.2) is 11.5 Å². The summed E-state index contributed by atoms with van der Waals surface area (Å²) in [6, 6.07) is 12.3. The molecule has 2 nitrogen and oxygen atoms in total. The summed E-state index contributed by atoms with van der Waals surface area (Å²) >= 11 is 7.93. The number of hydrogen-bond donors (Lipinski definition) is 2. The summed E-state index contributed by atoms with van der Waals surface area (Å²) in [4.78, 5) is 3.97. The predicted octanol–water partition coefficient (Wildman–Crippen LogP) is 7.00. The Balaban J connectivity index is 1.98. The van der Waals surface area contributed by atoms with Crippen LogP contribution in [0, 0.1) is 0 Å². The molecule has 0 aliphatic heterocycles. The first-order valence-corrected chi connectivity index (χ1v) is 10.2. The van der Waals surface area contributed by atoms with Crippen LogP contribution in [0.3, 0.4) is 0 Å². The third-order valence-corrected chi connectivity index (χ3v) is 6.31. The van der Waals surface area contributed by atoms with Gasteiger partial charge in [-0.3, -0.25) is 0 Å². The molecule has 4 rings (SSSR count). The zero-order chi connectivity index (χ0) is 19.9. The van der Waals surface area contributed by atoms with Crippen molar-refractivity contribution >= 4 is 43.9 Å². The van der Waals surface area contributed by atoms with Gasteiger partial charge in [0.1, 0.15) is 0 Å². The Morgan fingerprint density at radius 2 is 1.86 bits per heavy atom. The van der Waals surface area contributed by atoms with E-state index in [0.29, 0.717) is 29.1 Å². The van der Waals surface area contributed by atoms with E-state index >= 15 is 0 Å². The molecule has 28 heavy (non-hydrogen) atoms. The van der Waals surface area contributed by atoms with E-state index in [1.807, 2.05) is 30.3 Å². The summed E-state index contributed by atoms with van der Waals surface area (Å²) in [5.41, 5.74) is 6.51. The number of alkyl halides is 3. The highest BCUT2D eigenvalue weighted by Gasteiger charge is 2.34. The van der Waals surface area contributed by atoms with E-state index in [9.17, 15) is 13.2 Å². The molecule has 0 aliphatic carbocycles. The van der Waals surface area contributed by atoms with Crippen molar-refractivity contribution in [1.82, 2.24) is 4.98 Å². The minimum atomic E-state index is -4.46. The number of rotatable bonds is 5. The number of aromatic nitrogens is 1. The molecule has 0 saturated heterocycles. The number of unbranched alkanes of at least 4 members (excludes halogenated alkanes) is 1. The highest BCUT2D eigenvalue weighted by Crippen LogP contribution is 2.44. The second-order valence-corrected chi connectivity index (χ2v) is 8.21. The number of aromatic amines is 1. The zero-order valence-electron chi connectivity index (χ0n) is 14.9. The molecular weight excluding hydrogens is 405 g/mol. The van der Waals surface area contributed by atoms with Gasteiger partial charge < -0.3 is 10.7 Å². The van der Waals surface area contributed by atoms with Gasteiger partial charge in [-0.15, -0.1) is 11.3 Å². The van der Waals surface area contributed by atoms with Gasteiger partial charge in [-0.25, -0.2) is 0 Å². The second-order valence-electron chi connectivity index (χ2n) is 6.72. The van der Waals surface area contributed by atoms with Crippen LogP contribution in [0.25, 0.3) is 31.6 Å². The second kappa shape index (κ2) is 7.43. The first-order valence-electron chi connectivity index (χ1n) is 8.99. The lowest BCUT2D eigenvalue weighted by Crippen LogP contribution is -2.05. The van der Waals surface area contributed by atoms with E-state index in [2.05, 4.69) is 4.98 Å². The fourth-order valence-corrected chi connectivity index (χ4v) is 4.94. The van der Waals surface area contributed by atoms with Gasteiger partial charge in [-0.05, 0) is 61.0 Å². The maximum Gasteiger partial charge on any atom is 0.418 e. The Labute approximate surface area is 169 Å². The summed E-state index contributed by atoms with van der Waals surface area (Å²) in [5.74, 6) is 0. The third kappa shape index (κ3) is 3.41. The van der Waals surface area contributed by atoms with Crippen molar-refractivity contribution in [2.75, 3.05) is 6.54 Å². The first kappa shape index (κ1) is 19.3. The normalized spacial score (nSPS) is 12.3. The average molecular weight is 423 g/mol. The van der Waals surface area contributed by atoms with Crippen LogP contribution in [-0.2, 0) is 12.6 Å². The van der Waals surface area contributed by atoms with Crippen molar-refractivity contribution in [3.05, 3.63) is 58.6 Å². The van der Waals surface area contributed by atoms with E-state index in [0.717, 1.165) is 39.4 Å². The minimum absolute atomic E-state index is 0.0511. The van der Waals surface area contributed by atoms with Gasteiger partial charge in [-0.2, -0.15) is 13.2 Å². The maximum atomic E-state index is 13.6. The number of H-pyrrole nitrogens is 1. The largest absolute Gasteiger partial charge is 0.418 e. The first-order chi connectivity index (χ1) is 13.4. The Morgan fingerprint density at radius 3 is 2.57 bits per heavy atom. The Hall–Kier alpha value is -2.02. The van der Waals surface area contributed by atoms with Crippen molar-refractivity contribution in [3.8, 4) is 10.6 Å². The van der Waals surface area contributed by atoms with Crippen LogP contribution in [0.5, 0.6) is 0 Å². The fourth-order valence-electron chi connectivity index (χ4n) is 3.58. The standard InChI is InChI=1S/C21H18ClF3N2S/c22-15-9-8-14(21(23,24)25)20-18(15)13(6-3-4-10-26)19(27-20)17-11-12-5-1-2-7-16(12)28-17/h1-2,5,7-9,11,27H,3-4,6,10,26H2. The van der Waals surface area contributed by atoms with Gasteiger partial charge in [-0.1, -0.05) is 29.8 Å². The Bertz CT molecular complexity index is 1110. The number of aryl methyl sites for hydroxylation is 1. The molecule has 0 aliphatic rings.